The van der Waals surface area contributed by atoms with Crippen molar-refractivity contribution in [3.8, 4) is 0 Å². The predicted octanol–water partition coefficient (Wildman–Crippen LogP) is 0.618. The van der Waals surface area contributed by atoms with Crippen LogP contribution in [0.1, 0.15) is 12.6 Å². The number of oxime groups is 1. The van der Waals surface area contributed by atoms with Gasteiger partial charge in [0.05, 0.1) is 0 Å². The highest BCUT2D eigenvalue weighted by molar-refractivity contribution is 5.96. The first-order valence-electron chi connectivity index (χ1n) is 2.92. The van der Waals surface area contributed by atoms with Crippen LogP contribution in [0.5, 0.6) is 0 Å². The molecule has 0 radical (unpaired) electrons. The summed E-state index contributed by atoms with van der Waals surface area (Å²) in [5.41, 5.74) is 1.23. The molecular weight excluding hydrogens is 130 g/mol. The van der Waals surface area contributed by atoms with Gasteiger partial charge in [-0.1, -0.05) is 5.16 Å². The molecule has 0 atom stereocenters. The van der Waals surface area contributed by atoms with E-state index in [4.69, 9.17) is 5.21 Å². The van der Waals surface area contributed by atoms with Gasteiger partial charge in [-0.3, -0.25) is 4.68 Å². The van der Waals surface area contributed by atoms with Crippen LogP contribution < -0.4 is 0 Å². The molecule has 0 aromatic carbocycles. The quantitative estimate of drug-likeness (QED) is 0.352. The van der Waals surface area contributed by atoms with E-state index >= 15 is 0 Å². The third-order valence-electron chi connectivity index (χ3n) is 1.23. The zero-order valence-corrected chi connectivity index (χ0v) is 5.94. The summed E-state index contributed by atoms with van der Waals surface area (Å²) in [4.78, 5) is 0. The molecule has 0 saturated heterocycles. The van der Waals surface area contributed by atoms with E-state index in [1.807, 2.05) is 7.05 Å². The maximum atomic E-state index is 8.34. The number of rotatable bonds is 1. The van der Waals surface area contributed by atoms with E-state index in [0.717, 1.165) is 0 Å². The Kier molecular flexibility index (Phi) is 1.71. The monoisotopic (exact) mass is 139 g/mol. The first kappa shape index (κ1) is 6.80. The van der Waals surface area contributed by atoms with Crippen molar-refractivity contribution in [2.24, 2.45) is 12.2 Å². The van der Waals surface area contributed by atoms with Crippen molar-refractivity contribution >= 4 is 5.71 Å². The Morgan fingerprint density at radius 1 is 1.80 bits per heavy atom. The molecule has 1 N–H and O–H groups in total. The van der Waals surface area contributed by atoms with Gasteiger partial charge in [0.1, 0.15) is 11.4 Å². The molecule has 0 spiro atoms. The zero-order chi connectivity index (χ0) is 7.56. The smallest absolute Gasteiger partial charge is 0.110 e. The third kappa shape index (κ3) is 1.15. The van der Waals surface area contributed by atoms with Crippen molar-refractivity contribution in [1.82, 2.24) is 9.78 Å². The van der Waals surface area contributed by atoms with Crippen LogP contribution in [-0.2, 0) is 7.05 Å². The Balaban J connectivity index is 2.95. The molecular formula is C6H9N3O. The molecule has 0 aliphatic heterocycles. The molecule has 1 aromatic rings. The van der Waals surface area contributed by atoms with Gasteiger partial charge in [-0.05, 0) is 13.0 Å². The van der Waals surface area contributed by atoms with Crippen LogP contribution >= 0.6 is 0 Å². The van der Waals surface area contributed by atoms with Crippen molar-refractivity contribution in [2.45, 2.75) is 6.92 Å². The Morgan fingerprint density at radius 2 is 2.50 bits per heavy atom. The van der Waals surface area contributed by atoms with Crippen molar-refractivity contribution in [1.29, 1.82) is 0 Å². The lowest BCUT2D eigenvalue weighted by Crippen LogP contribution is -1.97. The fraction of sp³-hybridized carbons (Fsp3) is 0.333. The highest BCUT2D eigenvalue weighted by atomic mass is 16.4. The Labute approximate surface area is 58.8 Å². The molecule has 1 rings (SSSR count). The first-order chi connectivity index (χ1) is 4.74. The number of nitrogens with zero attached hydrogens (tertiary/aromatic N) is 3. The summed E-state index contributed by atoms with van der Waals surface area (Å²) in [6.45, 7) is 1.70. The lowest BCUT2D eigenvalue weighted by atomic mass is 10.3. The minimum Gasteiger partial charge on any atom is -0.411 e. The molecule has 0 bridgehead atoms. The first-order valence-corrected chi connectivity index (χ1v) is 2.92. The van der Waals surface area contributed by atoms with Crippen LogP contribution in [0.25, 0.3) is 0 Å². The standard InChI is InChI=1S/C6H9N3O/c1-5(8-10)6-3-4-9(2)7-6/h3-4,10H,1-2H3. The number of hydrogen-bond donors (Lipinski definition) is 1. The molecule has 0 fully saturated rings. The normalized spacial score (nSPS) is 12.0. The Morgan fingerprint density at radius 3 is 2.90 bits per heavy atom. The van der Waals surface area contributed by atoms with Gasteiger partial charge in [0.15, 0.2) is 0 Å². The highest BCUT2D eigenvalue weighted by Crippen LogP contribution is 1.95. The maximum Gasteiger partial charge on any atom is 0.110 e. The molecule has 1 aromatic heterocycles. The summed E-state index contributed by atoms with van der Waals surface area (Å²) < 4.78 is 1.66. The van der Waals surface area contributed by atoms with Crippen LogP contribution in [0.3, 0.4) is 0 Å². The molecule has 1 heterocycles. The lowest BCUT2D eigenvalue weighted by molar-refractivity contribution is 0.319. The SMILES string of the molecule is CC(=NO)c1ccn(C)n1. The van der Waals surface area contributed by atoms with Gasteiger partial charge < -0.3 is 5.21 Å². The topological polar surface area (TPSA) is 50.4 Å². The van der Waals surface area contributed by atoms with Crippen LogP contribution in [0.4, 0.5) is 0 Å². The Hall–Kier alpha value is -1.32. The summed E-state index contributed by atoms with van der Waals surface area (Å²) in [5.74, 6) is 0. The second kappa shape index (κ2) is 2.51. The molecule has 0 aliphatic rings. The van der Waals surface area contributed by atoms with E-state index in [1.165, 1.54) is 0 Å². The second-order valence-corrected chi connectivity index (χ2v) is 2.06. The minimum absolute atomic E-state index is 0.528. The van der Waals surface area contributed by atoms with Crippen LogP contribution in [0.15, 0.2) is 17.4 Å². The maximum absolute atomic E-state index is 8.34. The third-order valence-corrected chi connectivity index (χ3v) is 1.23. The van der Waals surface area contributed by atoms with Gasteiger partial charge >= 0.3 is 0 Å². The van der Waals surface area contributed by atoms with Crippen LogP contribution in [-0.4, -0.2) is 20.7 Å². The largest absolute Gasteiger partial charge is 0.411 e. The van der Waals surface area contributed by atoms with Crippen molar-refractivity contribution in [2.75, 3.05) is 0 Å². The Bertz CT molecular complexity index is 251. The van der Waals surface area contributed by atoms with Crippen molar-refractivity contribution in [3.63, 3.8) is 0 Å². The average molecular weight is 139 g/mol. The fourth-order valence-electron chi connectivity index (χ4n) is 0.659. The minimum atomic E-state index is 0.528. The zero-order valence-electron chi connectivity index (χ0n) is 5.94. The van der Waals surface area contributed by atoms with Gasteiger partial charge in [0, 0.05) is 13.2 Å². The van der Waals surface area contributed by atoms with E-state index in [-0.39, 0.29) is 0 Å². The summed E-state index contributed by atoms with van der Waals surface area (Å²) in [6, 6.07) is 1.79. The van der Waals surface area contributed by atoms with E-state index in [0.29, 0.717) is 11.4 Å². The average Bonchev–Trinajstić information content (AvgIpc) is 2.34. The molecule has 4 heteroatoms. The highest BCUT2D eigenvalue weighted by Gasteiger charge is 1.98. The molecule has 0 amide bonds. The summed E-state index contributed by atoms with van der Waals surface area (Å²) >= 11 is 0. The van der Waals surface area contributed by atoms with Crippen LogP contribution in [0.2, 0.25) is 0 Å². The van der Waals surface area contributed by atoms with E-state index in [9.17, 15) is 0 Å². The van der Waals surface area contributed by atoms with Crippen LogP contribution in [0, 0.1) is 0 Å². The number of hydrogen-bond acceptors (Lipinski definition) is 3. The van der Waals surface area contributed by atoms with E-state index in [1.54, 1.807) is 23.9 Å². The van der Waals surface area contributed by atoms with Gasteiger partial charge in [0.2, 0.25) is 0 Å². The summed E-state index contributed by atoms with van der Waals surface area (Å²) in [5, 5.41) is 15.4. The van der Waals surface area contributed by atoms with Gasteiger partial charge in [0.25, 0.3) is 0 Å². The second-order valence-electron chi connectivity index (χ2n) is 2.06. The molecule has 54 valence electrons. The van der Waals surface area contributed by atoms with Gasteiger partial charge in [-0.25, -0.2) is 0 Å². The summed E-state index contributed by atoms with van der Waals surface area (Å²) in [6.07, 6.45) is 1.80. The number of aryl methyl sites for hydroxylation is 1. The summed E-state index contributed by atoms with van der Waals surface area (Å²) in [7, 11) is 1.81. The molecule has 0 unspecified atom stereocenters. The fourth-order valence-corrected chi connectivity index (χ4v) is 0.659. The molecule has 10 heavy (non-hydrogen) atoms. The van der Waals surface area contributed by atoms with Crippen molar-refractivity contribution < 1.29 is 5.21 Å². The molecule has 0 aliphatic carbocycles. The molecule has 0 saturated carbocycles. The van der Waals surface area contributed by atoms with Gasteiger partial charge in [-0.15, -0.1) is 0 Å². The van der Waals surface area contributed by atoms with Gasteiger partial charge in [-0.2, -0.15) is 5.10 Å². The van der Waals surface area contributed by atoms with Crippen molar-refractivity contribution in [3.05, 3.63) is 18.0 Å². The lowest BCUT2D eigenvalue weighted by Gasteiger charge is -1.88. The molecule has 4 nitrogen and oxygen atoms in total. The predicted molar refractivity (Wildman–Crippen MR) is 37.2 cm³/mol. The van der Waals surface area contributed by atoms with E-state index in [2.05, 4.69) is 10.3 Å². The number of aromatic nitrogens is 2. The van der Waals surface area contributed by atoms with E-state index < -0.39 is 0 Å².